The number of amides is 2. The van der Waals surface area contributed by atoms with E-state index in [1.165, 1.54) is 19.1 Å². The van der Waals surface area contributed by atoms with Crippen molar-refractivity contribution in [3.8, 4) is 0 Å². The number of nitrogens with zero attached hydrogens (tertiary/aromatic N) is 2. The Labute approximate surface area is 259 Å². The van der Waals surface area contributed by atoms with E-state index in [4.69, 9.17) is 4.84 Å². The molecule has 5 rings (SSSR count). The first kappa shape index (κ1) is 34.1. The summed E-state index contributed by atoms with van der Waals surface area (Å²) in [6.07, 6.45) is -11.4. The Bertz CT molecular complexity index is 1600. The van der Waals surface area contributed by atoms with E-state index in [-0.39, 0.29) is 43.0 Å². The molecule has 1 heterocycles. The molecule has 0 aromatic heterocycles. The lowest BCUT2D eigenvalue weighted by Crippen LogP contribution is -2.50. The topological polar surface area (TPSA) is 84.0 Å². The number of alkyl halides is 7. The molecular weight excluding hydrogens is 652 g/mol. The molecule has 1 atom stereocenters. The van der Waals surface area contributed by atoms with Gasteiger partial charge >= 0.3 is 18.0 Å². The van der Waals surface area contributed by atoms with Crippen LogP contribution in [0.2, 0.25) is 0 Å². The van der Waals surface area contributed by atoms with E-state index in [1.54, 1.807) is 0 Å². The van der Waals surface area contributed by atoms with Gasteiger partial charge in [-0.1, -0.05) is 24.3 Å². The van der Waals surface area contributed by atoms with Gasteiger partial charge in [-0.05, 0) is 68.4 Å². The standard InChI is InChI=1S/C30H30F8N2O5S/c1-39(45-2)23(41)25-11-13-26(17-25,14-12-25)24(42)40-16-15-27(18-40,46(43,44)22-9-7-21(31)8-10-22)19-3-5-20(6-4-19)28(32,29(33,34)35)30(36,37)38/h3-10H,11-18H2,1-2H3/t25-,26-,27-/m0/s1. The van der Waals surface area contributed by atoms with Gasteiger partial charge < -0.3 is 4.90 Å². The lowest BCUT2D eigenvalue weighted by Gasteiger charge is -2.34. The molecule has 0 N–H and O–H groups in total. The molecule has 252 valence electrons. The Balaban J connectivity index is 1.54. The van der Waals surface area contributed by atoms with E-state index < -0.39 is 72.2 Å². The second-order valence-corrected chi connectivity index (χ2v) is 14.6. The number of carbonyl (C=O) groups is 2. The highest BCUT2D eigenvalue weighted by Gasteiger charge is 2.73. The molecule has 2 aromatic rings. The van der Waals surface area contributed by atoms with Crippen LogP contribution in [-0.4, -0.2) is 69.8 Å². The van der Waals surface area contributed by atoms with E-state index in [1.807, 2.05) is 0 Å². The van der Waals surface area contributed by atoms with Gasteiger partial charge in [0.2, 0.25) is 5.91 Å². The Hall–Kier alpha value is -3.27. The number of rotatable bonds is 7. The minimum Gasteiger partial charge on any atom is -0.340 e. The normalized spacial score (nSPS) is 26.9. The minimum atomic E-state index is -6.38. The number of halogens is 8. The summed E-state index contributed by atoms with van der Waals surface area (Å²) in [7, 11) is -1.82. The first-order chi connectivity index (χ1) is 21.2. The molecule has 2 amide bonds. The van der Waals surface area contributed by atoms with Crippen LogP contribution >= 0.6 is 0 Å². The summed E-state index contributed by atoms with van der Waals surface area (Å²) >= 11 is 0. The van der Waals surface area contributed by atoms with Crippen LogP contribution in [0.4, 0.5) is 35.1 Å². The van der Waals surface area contributed by atoms with Gasteiger partial charge in [0.1, 0.15) is 10.6 Å². The Kier molecular flexibility index (Phi) is 8.07. The lowest BCUT2D eigenvalue weighted by molar-refractivity contribution is -0.348. The molecular formula is C30H30F8N2O5S. The van der Waals surface area contributed by atoms with Crippen molar-refractivity contribution in [2.24, 2.45) is 10.8 Å². The molecule has 0 spiro atoms. The third-order valence-corrected chi connectivity index (χ3v) is 12.5. The molecule has 3 fully saturated rings. The molecule has 7 nitrogen and oxygen atoms in total. The van der Waals surface area contributed by atoms with Crippen LogP contribution in [0.15, 0.2) is 53.4 Å². The third-order valence-electron chi connectivity index (χ3n) is 10.1. The van der Waals surface area contributed by atoms with E-state index in [9.17, 15) is 53.1 Å². The van der Waals surface area contributed by atoms with Crippen molar-refractivity contribution in [3.63, 3.8) is 0 Å². The van der Waals surface area contributed by atoms with Gasteiger partial charge in [-0.25, -0.2) is 22.3 Å². The predicted molar refractivity (Wildman–Crippen MR) is 146 cm³/mol. The maximum Gasteiger partial charge on any atom is 0.435 e. The van der Waals surface area contributed by atoms with Crippen molar-refractivity contribution >= 4 is 21.7 Å². The van der Waals surface area contributed by atoms with Crippen LogP contribution in [-0.2, 0) is 34.7 Å². The monoisotopic (exact) mass is 682 g/mol. The Morgan fingerprint density at radius 1 is 0.826 bits per heavy atom. The third kappa shape index (κ3) is 4.88. The molecule has 3 aliphatic rings. The zero-order valence-corrected chi connectivity index (χ0v) is 25.5. The summed E-state index contributed by atoms with van der Waals surface area (Å²) in [6, 6.07) is 5.51. The van der Waals surface area contributed by atoms with Crippen LogP contribution in [0.1, 0.15) is 49.7 Å². The number of carbonyl (C=O) groups excluding carboxylic acids is 2. The fourth-order valence-corrected chi connectivity index (χ4v) is 9.51. The zero-order chi connectivity index (χ0) is 34.1. The predicted octanol–water partition coefficient (Wildman–Crippen LogP) is 5.99. The summed E-state index contributed by atoms with van der Waals surface area (Å²) in [5.74, 6) is -1.49. The van der Waals surface area contributed by atoms with Crippen molar-refractivity contribution in [2.45, 2.75) is 66.2 Å². The quantitative estimate of drug-likeness (QED) is 0.204. The van der Waals surface area contributed by atoms with Crippen molar-refractivity contribution in [3.05, 3.63) is 65.5 Å². The molecule has 2 bridgehead atoms. The largest absolute Gasteiger partial charge is 0.435 e. The van der Waals surface area contributed by atoms with Gasteiger partial charge in [-0.2, -0.15) is 26.3 Å². The SMILES string of the molecule is CON(C)C(=O)[C@]12CC[C@@](C(=O)N3CC[C@](c4ccc(C(F)(C(F)(F)F)C(F)(F)F)cc4)(S(=O)(=O)c4ccc(F)cc4)C3)(CC1)C2. The van der Waals surface area contributed by atoms with Gasteiger partial charge in [0.25, 0.3) is 5.91 Å². The van der Waals surface area contributed by atoms with Gasteiger partial charge in [-0.3, -0.25) is 14.4 Å². The van der Waals surface area contributed by atoms with Crippen molar-refractivity contribution < 1.29 is 58.0 Å². The van der Waals surface area contributed by atoms with E-state index in [0.29, 0.717) is 37.8 Å². The maximum atomic E-state index is 14.8. The summed E-state index contributed by atoms with van der Waals surface area (Å²) in [6.45, 7) is -0.690. The molecule has 0 radical (unpaired) electrons. The highest BCUT2D eigenvalue weighted by atomic mass is 32.2. The fraction of sp³-hybridized carbons (Fsp3) is 0.533. The average Bonchev–Trinajstić information content (AvgIpc) is 3.73. The molecule has 2 aromatic carbocycles. The van der Waals surface area contributed by atoms with Crippen molar-refractivity contribution in [2.75, 3.05) is 27.2 Å². The van der Waals surface area contributed by atoms with Crippen molar-refractivity contribution in [1.82, 2.24) is 9.96 Å². The number of fused-ring (bicyclic) bond motifs is 2. The van der Waals surface area contributed by atoms with E-state index in [2.05, 4.69) is 0 Å². The summed E-state index contributed by atoms with van der Waals surface area (Å²) in [5, 5.41) is 1.09. The fourth-order valence-electron chi connectivity index (χ4n) is 7.44. The number of benzene rings is 2. The molecule has 2 aliphatic carbocycles. The van der Waals surface area contributed by atoms with Crippen molar-refractivity contribution in [1.29, 1.82) is 0 Å². The highest BCUT2D eigenvalue weighted by molar-refractivity contribution is 7.92. The second-order valence-electron chi connectivity index (χ2n) is 12.4. The van der Waals surface area contributed by atoms with E-state index in [0.717, 1.165) is 29.3 Å². The van der Waals surface area contributed by atoms with Crippen LogP contribution < -0.4 is 0 Å². The second kappa shape index (κ2) is 10.9. The summed E-state index contributed by atoms with van der Waals surface area (Å²) in [4.78, 5) is 33.1. The minimum absolute atomic E-state index is 0.153. The summed E-state index contributed by atoms with van der Waals surface area (Å²) in [5.41, 5.74) is -9.64. The number of sulfone groups is 1. The average molecular weight is 683 g/mol. The zero-order valence-electron chi connectivity index (χ0n) is 24.6. The van der Waals surface area contributed by atoms with Crippen LogP contribution in [0.3, 0.4) is 0 Å². The maximum absolute atomic E-state index is 14.8. The Morgan fingerprint density at radius 3 is 1.85 bits per heavy atom. The summed E-state index contributed by atoms with van der Waals surface area (Å²) < 4.78 is 135. The van der Waals surface area contributed by atoms with E-state index >= 15 is 0 Å². The molecule has 1 saturated heterocycles. The smallest absolute Gasteiger partial charge is 0.340 e. The van der Waals surface area contributed by atoms with Gasteiger partial charge in [0.15, 0.2) is 9.84 Å². The Morgan fingerprint density at radius 2 is 1.35 bits per heavy atom. The van der Waals surface area contributed by atoms with Crippen LogP contribution in [0, 0.1) is 16.6 Å². The molecule has 0 unspecified atom stereocenters. The van der Waals surface area contributed by atoms with Crippen LogP contribution in [0.5, 0.6) is 0 Å². The lowest BCUT2D eigenvalue weighted by atomic mass is 9.81. The highest BCUT2D eigenvalue weighted by Crippen LogP contribution is 2.63. The first-order valence-corrected chi connectivity index (χ1v) is 15.7. The first-order valence-electron chi connectivity index (χ1n) is 14.3. The number of hydroxylamine groups is 2. The molecule has 16 heteroatoms. The van der Waals surface area contributed by atoms with Gasteiger partial charge in [0.05, 0.1) is 22.8 Å². The van der Waals surface area contributed by atoms with Gasteiger partial charge in [0, 0.05) is 25.7 Å². The molecule has 46 heavy (non-hydrogen) atoms. The molecule has 1 aliphatic heterocycles. The van der Waals surface area contributed by atoms with Gasteiger partial charge in [-0.15, -0.1) is 0 Å². The number of hydrogen-bond donors (Lipinski definition) is 0. The number of likely N-dealkylation sites (tertiary alicyclic amines) is 1. The van der Waals surface area contributed by atoms with Crippen LogP contribution in [0.25, 0.3) is 0 Å². The molecule has 2 saturated carbocycles. The number of hydrogen-bond acceptors (Lipinski definition) is 5.